The molecule has 0 bridgehead atoms. The van der Waals surface area contributed by atoms with E-state index in [1.165, 1.54) is 7.11 Å². The van der Waals surface area contributed by atoms with Crippen LogP contribution in [0.4, 0.5) is 0 Å². The number of ketones is 1. The summed E-state index contributed by atoms with van der Waals surface area (Å²) in [6, 6.07) is 9.03. The smallest absolute Gasteiger partial charge is 0.305 e. The third-order valence-corrected chi connectivity index (χ3v) is 3.34. The second-order valence-corrected chi connectivity index (χ2v) is 4.87. The Kier molecular flexibility index (Phi) is 6.94. The first kappa shape index (κ1) is 16.4. The summed E-state index contributed by atoms with van der Waals surface area (Å²) >= 11 is 0. The van der Waals surface area contributed by atoms with Crippen molar-refractivity contribution < 1.29 is 14.3 Å². The summed E-state index contributed by atoms with van der Waals surface area (Å²) in [7, 11) is 1.36. The number of carbonyl (C=O) groups is 2. The standard InChI is InChI=1S/C16H23NO3/c1-4-12(2)17-14(10-11-15(18)20-3)16(19)13-8-6-5-7-9-13/h5-9,12,14,17H,4,10-11H2,1-3H3. The zero-order chi connectivity index (χ0) is 15.0. The highest BCUT2D eigenvalue weighted by atomic mass is 16.5. The Labute approximate surface area is 120 Å². The summed E-state index contributed by atoms with van der Waals surface area (Å²) in [6.07, 6.45) is 1.62. The van der Waals surface area contributed by atoms with Crippen molar-refractivity contribution in [2.24, 2.45) is 0 Å². The third-order valence-electron chi connectivity index (χ3n) is 3.34. The summed E-state index contributed by atoms with van der Waals surface area (Å²) in [5, 5.41) is 3.29. The van der Waals surface area contributed by atoms with Crippen LogP contribution in [-0.4, -0.2) is 30.9 Å². The van der Waals surface area contributed by atoms with Crippen LogP contribution in [0.2, 0.25) is 0 Å². The molecule has 0 heterocycles. The molecule has 2 unspecified atom stereocenters. The minimum absolute atomic E-state index is 0.0230. The molecule has 2 atom stereocenters. The van der Waals surface area contributed by atoms with Crippen molar-refractivity contribution in [3.05, 3.63) is 35.9 Å². The van der Waals surface area contributed by atoms with Gasteiger partial charge in [-0.3, -0.25) is 9.59 Å². The monoisotopic (exact) mass is 277 g/mol. The Balaban J connectivity index is 2.75. The normalized spacial score (nSPS) is 13.6. The number of methoxy groups -OCH3 is 1. The Bertz CT molecular complexity index is 431. The van der Waals surface area contributed by atoms with E-state index in [1.54, 1.807) is 12.1 Å². The molecule has 1 rings (SSSR count). The van der Waals surface area contributed by atoms with E-state index in [0.717, 1.165) is 6.42 Å². The molecule has 0 saturated carbocycles. The van der Waals surface area contributed by atoms with Gasteiger partial charge in [0.05, 0.1) is 13.2 Å². The molecule has 1 N–H and O–H groups in total. The number of rotatable bonds is 8. The SMILES string of the molecule is CCC(C)NC(CCC(=O)OC)C(=O)c1ccccc1. The second kappa shape index (κ2) is 8.48. The molecule has 1 aromatic rings. The van der Waals surface area contributed by atoms with Crippen LogP contribution < -0.4 is 5.32 Å². The number of ether oxygens (including phenoxy) is 1. The topological polar surface area (TPSA) is 55.4 Å². The average Bonchev–Trinajstić information content (AvgIpc) is 2.50. The summed E-state index contributed by atoms with van der Waals surface area (Å²) in [4.78, 5) is 23.8. The lowest BCUT2D eigenvalue weighted by Crippen LogP contribution is -2.42. The van der Waals surface area contributed by atoms with E-state index < -0.39 is 0 Å². The lowest BCUT2D eigenvalue weighted by Gasteiger charge is -2.21. The van der Waals surface area contributed by atoms with E-state index in [9.17, 15) is 9.59 Å². The largest absolute Gasteiger partial charge is 0.469 e. The van der Waals surface area contributed by atoms with Crippen molar-refractivity contribution in [3.63, 3.8) is 0 Å². The van der Waals surface area contributed by atoms with E-state index in [0.29, 0.717) is 12.0 Å². The quantitative estimate of drug-likeness (QED) is 0.586. The number of hydrogen-bond acceptors (Lipinski definition) is 4. The maximum absolute atomic E-state index is 12.5. The number of carbonyl (C=O) groups excluding carboxylic acids is 2. The van der Waals surface area contributed by atoms with Crippen molar-refractivity contribution in [1.82, 2.24) is 5.32 Å². The molecular weight excluding hydrogens is 254 g/mol. The van der Waals surface area contributed by atoms with Gasteiger partial charge in [-0.15, -0.1) is 0 Å². The predicted octanol–water partition coefficient (Wildman–Crippen LogP) is 2.58. The van der Waals surface area contributed by atoms with Gasteiger partial charge in [-0.05, 0) is 19.8 Å². The summed E-state index contributed by atoms with van der Waals surface area (Å²) in [6.45, 7) is 4.09. The van der Waals surface area contributed by atoms with Crippen LogP contribution in [0, 0.1) is 0 Å². The Hall–Kier alpha value is -1.68. The van der Waals surface area contributed by atoms with E-state index in [-0.39, 0.29) is 30.3 Å². The minimum Gasteiger partial charge on any atom is -0.469 e. The van der Waals surface area contributed by atoms with Gasteiger partial charge in [-0.1, -0.05) is 37.3 Å². The van der Waals surface area contributed by atoms with Gasteiger partial charge in [0.25, 0.3) is 0 Å². The van der Waals surface area contributed by atoms with Crippen molar-refractivity contribution in [2.45, 2.75) is 45.2 Å². The number of benzene rings is 1. The summed E-state index contributed by atoms with van der Waals surface area (Å²) in [5.74, 6) is -0.267. The predicted molar refractivity (Wildman–Crippen MR) is 78.7 cm³/mol. The highest BCUT2D eigenvalue weighted by molar-refractivity contribution is 6.00. The molecule has 20 heavy (non-hydrogen) atoms. The van der Waals surface area contributed by atoms with E-state index in [1.807, 2.05) is 25.1 Å². The van der Waals surface area contributed by atoms with E-state index in [2.05, 4.69) is 17.0 Å². The fraction of sp³-hybridized carbons (Fsp3) is 0.500. The third kappa shape index (κ3) is 5.13. The fourth-order valence-corrected chi connectivity index (χ4v) is 1.92. The van der Waals surface area contributed by atoms with Crippen LogP contribution in [0.25, 0.3) is 0 Å². The first-order valence-corrected chi connectivity index (χ1v) is 7.00. The van der Waals surface area contributed by atoms with Gasteiger partial charge in [0.1, 0.15) is 0 Å². The van der Waals surface area contributed by atoms with Gasteiger partial charge < -0.3 is 10.1 Å². The molecule has 0 aromatic heterocycles. The molecule has 0 aliphatic heterocycles. The molecule has 0 saturated heterocycles. The molecule has 0 fully saturated rings. The van der Waals surface area contributed by atoms with Gasteiger partial charge in [0.2, 0.25) is 0 Å². The maximum atomic E-state index is 12.5. The van der Waals surface area contributed by atoms with Crippen molar-refractivity contribution in [3.8, 4) is 0 Å². The average molecular weight is 277 g/mol. The van der Waals surface area contributed by atoms with Crippen molar-refractivity contribution in [2.75, 3.05) is 7.11 Å². The van der Waals surface area contributed by atoms with Crippen LogP contribution in [0.1, 0.15) is 43.5 Å². The molecule has 4 heteroatoms. The number of nitrogens with one attached hydrogen (secondary N) is 1. The maximum Gasteiger partial charge on any atom is 0.305 e. The second-order valence-electron chi connectivity index (χ2n) is 4.87. The van der Waals surface area contributed by atoms with Crippen LogP contribution in [0.3, 0.4) is 0 Å². The van der Waals surface area contributed by atoms with Gasteiger partial charge in [0, 0.05) is 18.0 Å². The molecule has 4 nitrogen and oxygen atoms in total. The Morgan fingerprint density at radius 2 is 1.90 bits per heavy atom. The molecule has 0 spiro atoms. The number of hydrogen-bond donors (Lipinski definition) is 1. The van der Waals surface area contributed by atoms with Gasteiger partial charge >= 0.3 is 5.97 Å². The first-order valence-electron chi connectivity index (χ1n) is 7.00. The van der Waals surface area contributed by atoms with E-state index in [4.69, 9.17) is 0 Å². The molecular formula is C16H23NO3. The summed E-state index contributed by atoms with van der Waals surface area (Å²) in [5.41, 5.74) is 0.665. The van der Waals surface area contributed by atoms with Gasteiger partial charge in [0.15, 0.2) is 5.78 Å². The van der Waals surface area contributed by atoms with Gasteiger partial charge in [-0.25, -0.2) is 0 Å². The summed E-state index contributed by atoms with van der Waals surface area (Å²) < 4.78 is 4.64. The molecule has 0 aliphatic rings. The van der Waals surface area contributed by atoms with Crippen LogP contribution in [0.15, 0.2) is 30.3 Å². The zero-order valence-electron chi connectivity index (χ0n) is 12.4. The van der Waals surface area contributed by atoms with Crippen LogP contribution in [-0.2, 0) is 9.53 Å². The number of esters is 1. The fourth-order valence-electron chi connectivity index (χ4n) is 1.92. The highest BCUT2D eigenvalue weighted by Gasteiger charge is 2.22. The van der Waals surface area contributed by atoms with Crippen molar-refractivity contribution >= 4 is 11.8 Å². The van der Waals surface area contributed by atoms with Crippen molar-refractivity contribution in [1.29, 1.82) is 0 Å². The van der Waals surface area contributed by atoms with E-state index >= 15 is 0 Å². The highest BCUT2D eigenvalue weighted by Crippen LogP contribution is 2.10. The lowest BCUT2D eigenvalue weighted by atomic mass is 9.99. The Morgan fingerprint density at radius 3 is 2.45 bits per heavy atom. The molecule has 1 aromatic carbocycles. The molecule has 110 valence electrons. The number of Topliss-reactive ketones (excluding diaryl/α,β-unsaturated/α-hetero) is 1. The van der Waals surface area contributed by atoms with Gasteiger partial charge in [-0.2, -0.15) is 0 Å². The lowest BCUT2D eigenvalue weighted by molar-refractivity contribution is -0.140. The Morgan fingerprint density at radius 1 is 1.25 bits per heavy atom. The minimum atomic E-state index is -0.355. The molecule has 0 amide bonds. The zero-order valence-corrected chi connectivity index (χ0v) is 12.4. The first-order chi connectivity index (χ1) is 9.58. The molecule has 0 aliphatic carbocycles. The molecule has 0 radical (unpaired) electrons. The van der Waals surface area contributed by atoms with Crippen LogP contribution in [0.5, 0.6) is 0 Å². The van der Waals surface area contributed by atoms with Crippen LogP contribution >= 0.6 is 0 Å².